The van der Waals surface area contributed by atoms with E-state index in [-0.39, 0.29) is 17.5 Å². The van der Waals surface area contributed by atoms with Crippen LogP contribution in [0.4, 0.5) is 0 Å². The molecular weight excluding hydrogens is 622 g/mol. The monoisotopic (exact) mass is 678 g/mol. The molecule has 0 spiro atoms. The average Bonchev–Trinajstić information content (AvgIpc) is 3.04. The van der Waals surface area contributed by atoms with Crippen molar-refractivity contribution in [1.29, 1.82) is 0 Å². The van der Waals surface area contributed by atoms with E-state index in [1.165, 1.54) is 30.4 Å². The molecule has 1 aliphatic carbocycles. The molecule has 0 aliphatic heterocycles. The summed E-state index contributed by atoms with van der Waals surface area (Å²) in [5.74, 6) is 1.44. The Hall–Kier alpha value is -2.42. The number of hydrogen-bond acceptors (Lipinski definition) is 5. The number of rotatable bonds is 19. The molecule has 0 amide bonds. The first-order valence-electron chi connectivity index (χ1n) is 17.6. The van der Waals surface area contributed by atoms with Crippen LogP contribution in [0.2, 0.25) is 0 Å². The highest BCUT2D eigenvalue weighted by atomic mass is 31.2. The van der Waals surface area contributed by atoms with E-state index in [2.05, 4.69) is 70.2 Å². The van der Waals surface area contributed by atoms with E-state index < -0.39 is 16.0 Å². The Labute approximate surface area is 285 Å². The van der Waals surface area contributed by atoms with E-state index in [0.29, 0.717) is 25.1 Å². The fraction of sp³-hybridized carbons (Fsp3) is 0.500. The molecule has 0 N–H and O–H groups in total. The van der Waals surface area contributed by atoms with Crippen molar-refractivity contribution in [3.8, 4) is 11.5 Å². The van der Waals surface area contributed by atoms with Crippen LogP contribution in [-0.2, 0) is 31.4 Å². The van der Waals surface area contributed by atoms with Crippen molar-refractivity contribution < 1.29 is 22.7 Å². The van der Waals surface area contributed by atoms with Crippen molar-refractivity contribution in [2.75, 3.05) is 13.2 Å². The lowest BCUT2D eigenvalue weighted by Gasteiger charge is -2.32. The molecule has 256 valence electrons. The summed E-state index contributed by atoms with van der Waals surface area (Å²) >= 11 is 0. The predicted octanol–water partition coefficient (Wildman–Crippen LogP) is 12.9. The smallest absolute Gasteiger partial charge is 0.383 e. The molecule has 3 atom stereocenters. The molecule has 47 heavy (non-hydrogen) atoms. The summed E-state index contributed by atoms with van der Waals surface area (Å²) in [6, 6.07) is 24.6. The lowest BCUT2D eigenvalue weighted by molar-refractivity contribution is 0.276. The van der Waals surface area contributed by atoms with E-state index in [4.69, 9.17) is 18.1 Å². The van der Waals surface area contributed by atoms with E-state index in [1.54, 1.807) is 0 Å². The van der Waals surface area contributed by atoms with Gasteiger partial charge in [0.1, 0.15) is 11.5 Å². The van der Waals surface area contributed by atoms with Gasteiger partial charge in [-0.3, -0.25) is 4.52 Å². The molecule has 3 unspecified atom stereocenters. The molecule has 4 rings (SSSR count). The van der Waals surface area contributed by atoms with Gasteiger partial charge in [0, 0.05) is 11.5 Å². The van der Waals surface area contributed by atoms with Crippen molar-refractivity contribution in [2.24, 2.45) is 0 Å². The van der Waals surface area contributed by atoms with Gasteiger partial charge in [-0.25, -0.2) is 4.57 Å². The van der Waals surface area contributed by atoms with Crippen molar-refractivity contribution in [3.05, 3.63) is 107 Å². The highest BCUT2D eigenvalue weighted by molar-refractivity contribution is 7.53. The number of benzene rings is 3. The van der Waals surface area contributed by atoms with Crippen molar-refractivity contribution >= 4 is 16.0 Å². The number of hydrogen-bond donors (Lipinski definition) is 0. The lowest BCUT2D eigenvalue weighted by atomic mass is 9.78. The van der Waals surface area contributed by atoms with Gasteiger partial charge in [-0.1, -0.05) is 119 Å². The maximum absolute atomic E-state index is 14.6. The minimum atomic E-state index is -3.58. The van der Waals surface area contributed by atoms with Gasteiger partial charge in [0.25, 0.3) is 0 Å². The van der Waals surface area contributed by atoms with Gasteiger partial charge >= 0.3 is 7.60 Å². The average molecular weight is 679 g/mol. The zero-order chi connectivity index (χ0) is 33.7. The third-order valence-corrected chi connectivity index (χ3v) is 12.3. The van der Waals surface area contributed by atoms with Crippen LogP contribution in [0.25, 0.3) is 0 Å². The normalized spacial score (nSPS) is 17.1. The van der Waals surface area contributed by atoms with Crippen LogP contribution in [0, 0.1) is 0 Å². The molecule has 0 radical (unpaired) electrons. The van der Waals surface area contributed by atoms with Crippen LogP contribution >= 0.6 is 16.0 Å². The Balaban J connectivity index is 1.86. The Kier molecular flexibility index (Phi) is 14.6. The molecule has 5 nitrogen and oxygen atoms in total. The molecular formula is C40H56O5P2. The van der Waals surface area contributed by atoms with Crippen LogP contribution in [0.5, 0.6) is 11.5 Å². The third-order valence-electron chi connectivity index (χ3n) is 8.89. The highest BCUT2D eigenvalue weighted by Gasteiger charge is 2.34. The topological polar surface area (TPSA) is 54.0 Å². The summed E-state index contributed by atoms with van der Waals surface area (Å²) in [7, 11) is -4.88. The summed E-state index contributed by atoms with van der Waals surface area (Å²) in [5, 5.41) is 0. The Morgan fingerprint density at radius 3 is 2.19 bits per heavy atom. The second-order valence-electron chi connectivity index (χ2n) is 13.3. The Bertz CT molecular complexity index is 1450. The van der Waals surface area contributed by atoms with Gasteiger partial charge in [-0.2, -0.15) is 0 Å². The molecule has 0 bridgehead atoms. The molecule has 0 saturated heterocycles. The van der Waals surface area contributed by atoms with Gasteiger partial charge in [-0.05, 0) is 80.7 Å². The van der Waals surface area contributed by atoms with Crippen LogP contribution in [0.3, 0.4) is 0 Å². The first kappa shape index (κ1) is 37.4. The maximum atomic E-state index is 14.6. The van der Waals surface area contributed by atoms with Gasteiger partial charge in [0.05, 0.1) is 25.5 Å². The summed E-state index contributed by atoms with van der Waals surface area (Å²) in [6.45, 7) is 13.8. The van der Waals surface area contributed by atoms with Crippen LogP contribution in [-0.4, -0.2) is 13.2 Å². The lowest BCUT2D eigenvalue weighted by Crippen LogP contribution is -2.18. The number of allylic oxidation sites excluding steroid dienone is 2. The second kappa shape index (κ2) is 18.4. The van der Waals surface area contributed by atoms with E-state index >= 15 is 0 Å². The zero-order valence-electron chi connectivity index (χ0n) is 29.5. The van der Waals surface area contributed by atoms with Gasteiger partial charge in [0.15, 0.2) is 0 Å². The van der Waals surface area contributed by atoms with Gasteiger partial charge in [-0.15, -0.1) is 0 Å². The Morgan fingerprint density at radius 1 is 0.872 bits per heavy atom. The minimum absolute atomic E-state index is 0.0671. The molecule has 0 fully saturated rings. The zero-order valence-corrected chi connectivity index (χ0v) is 31.3. The molecule has 1 aliphatic rings. The van der Waals surface area contributed by atoms with Crippen LogP contribution < -0.4 is 9.05 Å². The van der Waals surface area contributed by atoms with Crippen molar-refractivity contribution in [2.45, 2.75) is 117 Å². The van der Waals surface area contributed by atoms with E-state index in [0.717, 1.165) is 54.5 Å². The molecule has 3 aromatic carbocycles. The fourth-order valence-corrected chi connectivity index (χ4v) is 9.42. The largest absolute Gasteiger partial charge is 0.446 e. The second-order valence-corrected chi connectivity index (χ2v) is 16.7. The first-order chi connectivity index (χ1) is 22.7. The first-order valence-corrected chi connectivity index (χ1v) is 20.7. The van der Waals surface area contributed by atoms with Crippen molar-refractivity contribution in [3.63, 3.8) is 0 Å². The predicted molar refractivity (Wildman–Crippen MR) is 198 cm³/mol. The molecule has 0 saturated carbocycles. The Morgan fingerprint density at radius 2 is 1.55 bits per heavy atom. The minimum Gasteiger partial charge on any atom is -0.446 e. The molecule has 0 aromatic heterocycles. The van der Waals surface area contributed by atoms with Crippen LogP contribution in [0.1, 0.15) is 121 Å². The molecule has 0 heterocycles. The van der Waals surface area contributed by atoms with E-state index in [1.807, 2.05) is 50.2 Å². The van der Waals surface area contributed by atoms with Crippen molar-refractivity contribution in [1.82, 2.24) is 0 Å². The summed E-state index contributed by atoms with van der Waals surface area (Å²) in [5.41, 5.74) is 5.37. The van der Waals surface area contributed by atoms with Crippen LogP contribution in [0.15, 0.2) is 84.4 Å². The summed E-state index contributed by atoms with van der Waals surface area (Å²) < 4.78 is 40.7. The standard InChI is InChI=1S/C40H56O5P2/c1-7-10-11-18-26-40(5,6)36-28-37(44-46(42-8-2)30-33-21-14-12-15-22-33)39(35-25-19-20-32(4)27-35)38(29-36)45-47(41,43-9-3)31-34-23-16-13-17-24-34/h12-17,21-24,27-29,35H,7-11,18-20,25-26,30-31H2,1-6H3. The SMILES string of the molecule is CCCCCCC(C)(C)c1cc(OP(Cc2ccccc2)OCC)c(C2C=C(C)CCC2)c(OP(=O)(Cc2ccccc2)OCC)c1. The third kappa shape index (κ3) is 11.3. The summed E-state index contributed by atoms with van der Waals surface area (Å²) in [4.78, 5) is 0. The maximum Gasteiger partial charge on any atom is 0.383 e. The molecule has 3 aromatic rings. The van der Waals surface area contributed by atoms with E-state index in [9.17, 15) is 4.57 Å². The quantitative estimate of drug-likeness (QED) is 0.0717. The molecule has 7 heteroatoms. The fourth-order valence-electron chi connectivity index (χ4n) is 6.33. The highest BCUT2D eigenvalue weighted by Crippen LogP contribution is 2.57. The number of unbranched alkanes of at least 4 members (excludes halogenated alkanes) is 3. The summed E-state index contributed by atoms with van der Waals surface area (Å²) in [6.07, 6.45) is 12.2. The van der Waals surface area contributed by atoms with Gasteiger partial charge in [0.2, 0.25) is 8.38 Å². The van der Waals surface area contributed by atoms with Gasteiger partial charge < -0.3 is 13.6 Å².